The fourth-order valence-electron chi connectivity index (χ4n) is 2.13. The number of rotatable bonds is 7. The Hall–Kier alpha value is -2.04. The summed E-state index contributed by atoms with van der Waals surface area (Å²) >= 11 is 0. The van der Waals surface area contributed by atoms with Crippen LogP contribution in [-0.4, -0.2) is 62.2 Å². The average molecular weight is 519 g/mol. The third-order valence-electron chi connectivity index (χ3n) is 3.52. The summed E-state index contributed by atoms with van der Waals surface area (Å²) in [6, 6.07) is 7.59. The van der Waals surface area contributed by atoms with Crippen LogP contribution in [0.15, 0.2) is 29.3 Å². The third-order valence-corrected chi connectivity index (χ3v) is 3.52. The quantitative estimate of drug-likeness (QED) is 0.293. The first kappa shape index (κ1) is 27.0. The van der Waals surface area contributed by atoms with Crippen LogP contribution in [0.3, 0.4) is 0 Å². The zero-order chi connectivity index (χ0) is 21.2. The molecule has 0 aliphatic rings. The molecule has 0 atom stereocenters. The largest absolute Gasteiger partial charge is 0.444 e. The van der Waals surface area contributed by atoms with Gasteiger partial charge in [-0.15, -0.1) is 24.0 Å². The number of carbonyl (C=O) groups excluding carboxylic acids is 2. The van der Waals surface area contributed by atoms with Gasteiger partial charge >= 0.3 is 6.09 Å². The predicted molar refractivity (Wildman–Crippen MR) is 128 cm³/mol. The molecule has 2 amide bonds. The van der Waals surface area contributed by atoms with E-state index >= 15 is 0 Å². The van der Waals surface area contributed by atoms with Gasteiger partial charge < -0.3 is 20.3 Å². The lowest BCUT2D eigenvalue weighted by Gasteiger charge is -2.19. The highest BCUT2D eigenvalue weighted by Gasteiger charge is 2.16. The summed E-state index contributed by atoms with van der Waals surface area (Å²) in [7, 11) is 3.42. The molecule has 0 saturated heterocycles. The number of likely N-dealkylation sites (N-methyl/N-ethyl adjacent to an activating group) is 1. The van der Waals surface area contributed by atoms with E-state index in [2.05, 4.69) is 20.9 Å². The maximum atomic E-state index is 11.8. The van der Waals surface area contributed by atoms with E-state index < -0.39 is 11.7 Å². The molecule has 29 heavy (non-hydrogen) atoms. The van der Waals surface area contributed by atoms with Gasteiger partial charge in [-0.1, -0.05) is 12.1 Å². The van der Waals surface area contributed by atoms with E-state index in [1.165, 1.54) is 4.90 Å². The van der Waals surface area contributed by atoms with E-state index in [0.717, 1.165) is 12.0 Å². The second-order valence-corrected chi connectivity index (χ2v) is 7.48. The Bertz CT molecular complexity index is 670. The van der Waals surface area contributed by atoms with Crippen LogP contribution in [0.25, 0.3) is 0 Å². The number of guanidine groups is 1. The molecule has 1 rings (SSSR count). The van der Waals surface area contributed by atoms with Gasteiger partial charge in [-0.3, -0.25) is 10.1 Å². The van der Waals surface area contributed by atoms with E-state index in [9.17, 15) is 9.59 Å². The summed E-state index contributed by atoms with van der Waals surface area (Å²) in [6.45, 7) is 8.93. The number of hydrogen-bond donors (Lipinski definition) is 3. The van der Waals surface area contributed by atoms with Crippen molar-refractivity contribution in [3.8, 4) is 0 Å². The SMILES string of the molecule is CCNC(=NCC(=O)N(C)C)NCCc1ccc(NC(=O)OC(C)(C)C)cc1.I. The van der Waals surface area contributed by atoms with Gasteiger partial charge in [-0.25, -0.2) is 9.79 Å². The maximum Gasteiger partial charge on any atom is 0.412 e. The Labute approximate surface area is 190 Å². The second-order valence-electron chi connectivity index (χ2n) is 7.48. The molecule has 0 aromatic heterocycles. The summed E-state index contributed by atoms with van der Waals surface area (Å²) in [5, 5.41) is 9.04. The van der Waals surface area contributed by atoms with Crippen LogP contribution in [0.2, 0.25) is 0 Å². The number of aliphatic imine (C=N–C) groups is 1. The Balaban J connectivity index is 0.00000784. The first-order valence-corrected chi connectivity index (χ1v) is 9.42. The lowest BCUT2D eigenvalue weighted by atomic mass is 10.1. The van der Waals surface area contributed by atoms with Crippen LogP contribution in [0.1, 0.15) is 33.3 Å². The number of benzene rings is 1. The molecule has 0 saturated carbocycles. The standard InChI is InChI=1S/C20H33N5O3.HI/c1-7-21-18(23-14-17(26)25(5)6)22-13-12-15-8-10-16(11-9-15)24-19(27)28-20(2,3)4;/h8-11H,7,12-14H2,1-6H3,(H,24,27)(H2,21,22,23);1H. The molecule has 0 heterocycles. The molecule has 0 radical (unpaired) electrons. The van der Waals surface area contributed by atoms with Crippen LogP contribution in [-0.2, 0) is 16.0 Å². The van der Waals surface area contributed by atoms with Gasteiger partial charge in [0, 0.05) is 32.9 Å². The molecule has 8 nitrogen and oxygen atoms in total. The fourth-order valence-corrected chi connectivity index (χ4v) is 2.13. The van der Waals surface area contributed by atoms with Crippen molar-refractivity contribution >= 4 is 47.6 Å². The summed E-state index contributed by atoms with van der Waals surface area (Å²) in [5.41, 5.74) is 1.27. The molecule has 0 aliphatic carbocycles. The summed E-state index contributed by atoms with van der Waals surface area (Å²) in [4.78, 5) is 29.2. The zero-order valence-electron chi connectivity index (χ0n) is 18.2. The van der Waals surface area contributed by atoms with Crippen molar-refractivity contribution < 1.29 is 14.3 Å². The lowest BCUT2D eigenvalue weighted by molar-refractivity contribution is -0.127. The maximum absolute atomic E-state index is 11.8. The Kier molecular flexibility index (Phi) is 12.3. The van der Waals surface area contributed by atoms with Gasteiger partial charge in [0.05, 0.1) is 0 Å². The normalized spacial score (nSPS) is 11.2. The molecule has 0 aliphatic heterocycles. The van der Waals surface area contributed by atoms with Crippen LogP contribution >= 0.6 is 24.0 Å². The van der Waals surface area contributed by atoms with Crippen LogP contribution < -0.4 is 16.0 Å². The molecule has 164 valence electrons. The van der Waals surface area contributed by atoms with Gasteiger partial charge in [-0.2, -0.15) is 0 Å². The lowest BCUT2D eigenvalue weighted by Crippen LogP contribution is -2.39. The van der Waals surface area contributed by atoms with Gasteiger partial charge in [0.15, 0.2) is 5.96 Å². The molecule has 9 heteroatoms. The average Bonchev–Trinajstić information content (AvgIpc) is 2.59. The number of nitrogens with zero attached hydrogens (tertiary/aromatic N) is 2. The van der Waals surface area contributed by atoms with E-state index in [-0.39, 0.29) is 36.4 Å². The monoisotopic (exact) mass is 519 g/mol. The number of hydrogen-bond acceptors (Lipinski definition) is 4. The van der Waals surface area contributed by atoms with Gasteiger partial charge in [0.1, 0.15) is 12.1 Å². The minimum absolute atomic E-state index is 0. The summed E-state index contributed by atoms with van der Waals surface area (Å²) < 4.78 is 5.23. The smallest absolute Gasteiger partial charge is 0.412 e. The number of halogens is 1. The van der Waals surface area contributed by atoms with Gasteiger partial charge in [0.25, 0.3) is 0 Å². The minimum Gasteiger partial charge on any atom is -0.444 e. The van der Waals surface area contributed by atoms with Crippen molar-refractivity contribution in [2.24, 2.45) is 4.99 Å². The molecule has 0 fully saturated rings. The number of carbonyl (C=O) groups is 2. The summed E-state index contributed by atoms with van der Waals surface area (Å²) in [6.07, 6.45) is 0.305. The van der Waals surface area contributed by atoms with Gasteiger partial charge in [0.2, 0.25) is 5.91 Å². The van der Waals surface area contributed by atoms with Crippen molar-refractivity contribution in [3.63, 3.8) is 0 Å². The van der Waals surface area contributed by atoms with E-state index in [1.54, 1.807) is 14.1 Å². The fraction of sp³-hybridized carbons (Fsp3) is 0.550. The molecule has 1 aromatic rings. The van der Waals surface area contributed by atoms with E-state index in [4.69, 9.17) is 4.74 Å². The van der Waals surface area contributed by atoms with Crippen LogP contribution in [0.5, 0.6) is 0 Å². The zero-order valence-corrected chi connectivity index (χ0v) is 20.5. The number of nitrogens with one attached hydrogen (secondary N) is 3. The van der Waals surface area contributed by atoms with Gasteiger partial charge in [-0.05, 0) is 51.8 Å². The van der Waals surface area contributed by atoms with Crippen molar-refractivity contribution in [1.29, 1.82) is 0 Å². The third kappa shape index (κ3) is 12.2. The van der Waals surface area contributed by atoms with Crippen molar-refractivity contribution in [2.75, 3.05) is 39.0 Å². The second kappa shape index (κ2) is 13.2. The van der Waals surface area contributed by atoms with Crippen LogP contribution in [0.4, 0.5) is 10.5 Å². The highest BCUT2D eigenvalue weighted by atomic mass is 127. The first-order chi connectivity index (χ1) is 13.1. The summed E-state index contributed by atoms with van der Waals surface area (Å²) in [5.74, 6) is 0.561. The number of anilines is 1. The van der Waals surface area contributed by atoms with E-state index in [0.29, 0.717) is 24.7 Å². The highest BCUT2D eigenvalue weighted by molar-refractivity contribution is 14.0. The molecule has 0 unspecified atom stereocenters. The number of ether oxygens (including phenoxy) is 1. The van der Waals surface area contributed by atoms with Crippen LogP contribution in [0, 0.1) is 0 Å². The predicted octanol–water partition coefficient (Wildman–Crippen LogP) is 2.84. The van der Waals surface area contributed by atoms with Crippen molar-refractivity contribution in [1.82, 2.24) is 15.5 Å². The van der Waals surface area contributed by atoms with Crippen molar-refractivity contribution in [3.05, 3.63) is 29.8 Å². The molecule has 3 N–H and O–H groups in total. The molecule has 1 aromatic carbocycles. The Morgan fingerprint density at radius 3 is 2.24 bits per heavy atom. The van der Waals surface area contributed by atoms with Crippen molar-refractivity contribution in [2.45, 2.75) is 39.7 Å². The number of amides is 2. The molecule has 0 spiro atoms. The Morgan fingerprint density at radius 1 is 1.10 bits per heavy atom. The highest BCUT2D eigenvalue weighted by Crippen LogP contribution is 2.13. The molecular weight excluding hydrogens is 485 g/mol. The Morgan fingerprint density at radius 2 is 1.72 bits per heavy atom. The molecule has 0 bridgehead atoms. The van der Waals surface area contributed by atoms with E-state index in [1.807, 2.05) is 52.0 Å². The molecular formula is C20H34IN5O3. The first-order valence-electron chi connectivity index (χ1n) is 9.42. The minimum atomic E-state index is -0.529. The topological polar surface area (TPSA) is 95.1 Å².